The SMILES string of the molecule is [Ni].c1ccc(-c2ccccn2)cc1. The fourth-order valence-electron chi connectivity index (χ4n) is 1.14. The van der Waals surface area contributed by atoms with Crippen LogP contribution in [0.2, 0.25) is 0 Å². The van der Waals surface area contributed by atoms with E-state index in [4.69, 9.17) is 0 Å². The molecule has 13 heavy (non-hydrogen) atoms. The first kappa shape index (κ1) is 9.95. The Morgan fingerprint density at radius 1 is 0.769 bits per heavy atom. The van der Waals surface area contributed by atoms with Crippen molar-refractivity contribution in [3.63, 3.8) is 0 Å². The number of benzene rings is 1. The van der Waals surface area contributed by atoms with Crippen molar-refractivity contribution >= 4 is 0 Å². The molecule has 0 atom stereocenters. The molecule has 1 aromatic carbocycles. The second-order valence-corrected chi connectivity index (χ2v) is 2.58. The van der Waals surface area contributed by atoms with E-state index in [1.165, 1.54) is 0 Å². The van der Waals surface area contributed by atoms with Crippen molar-refractivity contribution in [3.05, 3.63) is 54.7 Å². The molecule has 0 aliphatic heterocycles. The maximum Gasteiger partial charge on any atom is 0.0701 e. The minimum atomic E-state index is 0. The van der Waals surface area contributed by atoms with Crippen molar-refractivity contribution in [2.45, 2.75) is 0 Å². The van der Waals surface area contributed by atoms with Gasteiger partial charge in [0.05, 0.1) is 5.69 Å². The monoisotopic (exact) mass is 213 g/mol. The second kappa shape index (κ2) is 4.78. The molecular weight excluding hydrogens is 205 g/mol. The van der Waals surface area contributed by atoms with Gasteiger partial charge in [-0.15, -0.1) is 0 Å². The number of pyridine rings is 1. The van der Waals surface area contributed by atoms with Crippen LogP contribution in [-0.4, -0.2) is 4.98 Å². The number of hydrogen-bond acceptors (Lipinski definition) is 1. The molecule has 2 aromatic rings. The Morgan fingerprint density at radius 2 is 1.46 bits per heavy atom. The standard InChI is InChI=1S/C11H9N.Ni/c1-2-6-10(7-3-1)11-8-4-5-9-12-11;/h1-9H;. The van der Waals surface area contributed by atoms with Crippen LogP contribution in [0.3, 0.4) is 0 Å². The summed E-state index contributed by atoms with van der Waals surface area (Å²) in [5.41, 5.74) is 2.19. The summed E-state index contributed by atoms with van der Waals surface area (Å²) in [6, 6.07) is 16.1. The van der Waals surface area contributed by atoms with Crippen LogP contribution in [0.25, 0.3) is 11.3 Å². The molecular formula is C11H9NNi. The van der Waals surface area contributed by atoms with E-state index in [0.29, 0.717) is 0 Å². The molecule has 68 valence electrons. The Labute approximate surface area is 87.8 Å². The summed E-state index contributed by atoms with van der Waals surface area (Å²) in [4.78, 5) is 4.25. The molecule has 0 N–H and O–H groups in total. The maximum atomic E-state index is 4.25. The largest absolute Gasteiger partial charge is 0.256 e. The molecule has 0 fully saturated rings. The molecule has 0 saturated carbocycles. The average Bonchev–Trinajstić information content (AvgIpc) is 2.21. The van der Waals surface area contributed by atoms with Gasteiger partial charge in [-0.05, 0) is 12.1 Å². The predicted octanol–water partition coefficient (Wildman–Crippen LogP) is 2.75. The number of aromatic nitrogens is 1. The van der Waals surface area contributed by atoms with Gasteiger partial charge in [-0.2, -0.15) is 0 Å². The summed E-state index contributed by atoms with van der Waals surface area (Å²) in [5, 5.41) is 0. The van der Waals surface area contributed by atoms with E-state index in [1.54, 1.807) is 0 Å². The van der Waals surface area contributed by atoms with Crippen LogP contribution in [0, 0.1) is 0 Å². The topological polar surface area (TPSA) is 12.9 Å². The smallest absolute Gasteiger partial charge is 0.0701 e. The minimum Gasteiger partial charge on any atom is -0.256 e. The Morgan fingerprint density at radius 3 is 2.08 bits per heavy atom. The molecule has 1 heterocycles. The zero-order valence-electron chi connectivity index (χ0n) is 6.96. The van der Waals surface area contributed by atoms with Crippen molar-refractivity contribution in [3.8, 4) is 11.3 Å². The van der Waals surface area contributed by atoms with E-state index in [1.807, 2.05) is 42.6 Å². The number of hydrogen-bond donors (Lipinski definition) is 0. The van der Waals surface area contributed by atoms with Crippen molar-refractivity contribution in [1.82, 2.24) is 4.98 Å². The van der Waals surface area contributed by atoms with Gasteiger partial charge < -0.3 is 0 Å². The van der Waals surface area contributed by atoms with Gasteiger partial charge in [-0.1, -0.05) is 36.4 Å². The van der Waals surface area contributed by atoms with Crippen LogP contribution in [0.15, 0.2) is 54.7 Å². The second-order valence-electron chi connectivity index (χ2n) is 2.58. The van der Waals surface area contributed by atoms with E-state index < -0.39 is 0 Å². The summed E-state index contributed by atoms with van der Waals surface area (Å²) in [6.07, 6.45) is 1.81. The van der Waals surface area contributed by atoms with Gasteiger partial charge >= 0.3 is 0 Å². The van der Waals surface area contributed by atoms with E-state index in [9.17, 15) is 0 Å². The molecule has 0 saturated heterocycles. The van der Waals surface area contributed by atoms with Crippen LogP contribution in [-0.2, 0) is 16.5 Å². The molecule has 0 radical (unpaired) electrons. The van der Waals surface area contributed by atoms with Gasteiger partial charge in [-0.25, -0.2) is 0 Å². The third-order valence-corrected chi connectivity index (χ3v) is 1.73. The fraction of sp³-hybridized carbons (Fsp3) is 0. The molecule has 2 rings (SSSR count). The molecule has 0 spiro atoms. The van der Waals surface area contributed by atoms with E-state index >= 15 is 0 Å². The fourth-order valence-corrected chi connectivity index (χ4v) is 1.14. The van der Waals surface area contributed by atoms with Gasteiger partial charge in [-0.3, -0.25) is 4.98 Å². The Kier molecular flexibility index (Phi) is 3.66. The number of nitrogens with zero attached hydrogens (tertiary/aromatic N) is 1. The first-order valence-electron chi connectivity index (χ1n) is 3.93. The van der Waals surface area contributed by atoms with Crippen molar-refractivity contribution in [1.29, 1.82) is 0 Å². The molecule has 2 heteroatoms. The summed E-state index contributed by atoms with van der Waals surface area (Å²) in [5.74, 6) is 0. The summed E-state index contributed by atoms with van der Waals surface area (Å²) in [6.45, 7) is 0. The summed E-state index contributed by atoms with van der Waals surface area (Å²) < 4.78 is 0. The van der Waals surface area contributed by atoms with Crippen LogP contribution in [0.5, 0.6) is 0 Å². The third-order valence-electron chi connectivity index (χ3n) is 1.73. The van der Waals surface area contributed by atoms with Gasteiger partial charge in [0, 0.05) is 28.3 Å². The van der Waals surface area contributed by atoms with Gasteiger partial charge in [0.2, 0.25) is 0 Å². The quantitative estimate of drug-likeness (QED) is 0.665. The zero-order valence-corrected chi connectivity index (χ0v) is 7.95. The Balaban J connectivity index is 0.000000845. The van der Waals surface area contributed by atoms with Gasteiger partial charge in [0.25, 0.3) is 0 Å². The molecule has 0 aliphatic carbocycles. The van der Waals surface area contributed by atoms with Crippen molar-refractivity contribution in [2.75, 3.05) is 0 Å². The van der Waals surface area contributed by atoms with E-state index in [-0.39, 0.29) is 16.5 Å². The van der Waals surface area contributed by atoms with Gasteiger partial charge in [0.1, 0.15) is 0 Å². The predicted molar refractivity (Wildman–Crippen MR) is 49.7 cm³/mol. The van der Waals surface area contributed by atoms with E-state index in [0.717, 1.165) is 11.3 Å². The molecule has 0 unspecified atom stereocenters. The Bertz CT molecular complexity index is 307. The zero-order chi connectivity index (χ0) is 8.23. The van der Waals surface area contributed by atoms with E-state index in [2.05, 4.69) is 17.1 Å². The van der Waals surface area contributed by atoms with Crippen LogP contribution in [0.4, 0.5) is 0 Å². The first-order chi connectivity index (χ1) is 5.97. The van der Waals surface area contributed by atoms with Crippen LogP contribution in [0.1, 0.15) is 0 Å². The number of rotatable bonds is 1. The first-order valence-corrected chi connectivity index (χ1v) is 3.93. The summed E-state index contributed by atoms with van der Waals surface area (Å²) in [7, 11) is 0. The van der Waals surface area contributed by atoms with Crippen molar-refractivity contribution < 1.29 is 16.5 Å². The third kappa shape index (κ3) is 2.40. The van der Waals surface area contributed by atoms with Crippen LogP contribution >= 0.6 is 0 Å². The average molecular weight is 214 g/mol. The maximum absolute atomic E-state index is 4.25. The van der Waals surface area contributed by atoms with Crippen molar-refractivity contribution in [2.24, 2.45) is 0 Å². The molecule has 1 nitrogen and oxygen atoms in total. The molecule has 0 bridgehead atoms. The molecule has 0 aliphatic rings. The molecule has 0 amide bonds. The van der Waals surface area contributed by atoms with Gasteiger partial charge in [0.15, 0.2) is 0 Å². The molecule has 1 aromatic heterocycles. The Hall–Kier alpha value is -1.14. The summed E-state index contributed by atoms with van der Waals surface area (Å²) >= 11 is 0. The van der Waals surface area contributed by atoms with Crippen LogP contribution < -0.4 is 0 Å². The normalized spacial score (nSPS) is 8.92. The minimum absolute atomic E-state index is 0.